The van der Waals surface area contributed by atoms with Crippen LogP contribution in [0.15, 0.2) is 4.52 Å². The predicted molar refractivity (Wildman–Crippen MR) is 89.8 cm³/mol. The van der Waals surface area contributed by atoms with Gasteiger partial charge in [-0.25, -0.2) is 4.79 Å². The van der Waals surface area contributed by atoms with Crippen LogP contribution < -0.4 is 22.1 Å². The normalized spacial score (nSPS) is 16.6. The van der Waals surface area contributed by atoms with E-state index in [1.165, 1.54) is 13.8 Å². The lowest BCUT2D eigenvalue weighted by atomic mass is 10.1. The van der Waals surface area contributed by atoms with Gasteiger partial charge < -0.3 is 41.9 Å². The van der Waals surface area contributed by atoms with Gasteiger partial charge in [0.2, 0.25) is 17.8 Å². The zero-order chi connectivity index (χ0) is 20.7. The van der Waals surface area contributed by atoms with E-state index in [-0.39, 0.29) is 24.6 Å². The number of nitrogens with two attached hydrogens (primary N) is 2. The first-order valence-electron chi connectivity index (χ1n) is 8.08. The largest absolute Gasteiger partial charge is 0.563 e. The van der Waals surface area contributed by atoms with Crippen LogP contribution in [0.2, 0.25) is 0 Å². The molecule has 1 heterocycles. The highest BCUT2D eigenvalue weighted by Gasteiger charge is 2.33. The van der Waals surface area contributed by atoms with E-state index in [1.807, 2.05) is 0 Å². The molecule has 1 aromatic heterocycles. The molecule has 13 heteroatoms. The van der Waals surface area contributed by atoms with Crippen LogP contribution >= 0.6 is 0 Å². The standard InChI is InChI=1S/C14H24N6O7/c1-5(21)9(16)11-19-12(27-20-11)7(3-4-8(15)23)17-14(26)18-10(6(2)22)13(24)25/h5-7,9-10,21-22H,3-4,16H2,1-2H3,(H2,15,23)(H,24,25)(H2,17,18,26)/p+1/t5?,6?,7-,9-,10-/m0/s1. The molecular weight excluding hydrogens is 364 g/mol. The lowest BCUT2D eigenvalue weighted by Gasteiger charge is -2.18. The second kappa shape index (κ2) is 9.80. The molecule has 0 bridgehead atoms. The quantitative estimate of drug-likeness (QED) is 0.224. The Morgan fingerprint density at radius 2 is 1.85 bits per heavy atom. The molecule has 10 N–H and O–H groups in total. The van der Waals surface area contributed by atoms with E-state index in [0.29, 0.717) is 0 Å². The molecule has 1 rings (SSSR count). The van der Waals surface area contributed by atoms with Gasteiger partial charge in [0.15, 0.2) is 5.82 Å². The van der Waals surface area contributed by atoms with Gasteiger partial charge in [-0.2, -0.15) is 4.98 Å². The fourth-order valence-electron chi connectivity index (χ4n) is 2.03. The lowest BCUT2D eigenvalue weighted by Crippen LogP contribution is -2.51. The van der Waals surface area contributed by atoms with Crippen molar-refractivity contribution >= 4 is 17.9 Å². The maximum atomic E-state index is 12.1. The molecule has 0 saturated heterocycles. The molecule has 0 fully saturated rings. The number of aliphatic hydroxyl groups is 2. The number of hydrogen-bond donors (Lipinski definition) is 6. The third kappa shape index (κ3) is 6.80. The molecule has 13 nitrogen and oxygen atoms in total. The maximum Gasteiger partial charge on any atom is 0.541 e. The second-order valence-electron chi connectivity index (χ2n) is 6.02. The van der Waals surface area contributed by atoms with Gasteiger partial charge in [-0.1, -0.05) is 5.16 Å². The minimum Gasteiger partial charge on any atom is -0.563 e. The van der Waals surface area contributed by atoms with Crippen LogP contribution in [0, 0.1) is 0 Å². The molecule has 0 saturated carbocycles. The van der Waals surface area contributed by atoms with Crippen LogP contribution in [0.3, 0.4) is 0 Å². The summed E-state index contributed by atoms with van der Waals surface area (Å²) in [5, 5.41) is 34.2. The first-order chi connectivity index (χ1) is 12.5. The molecule has 0 aliphatic rings. The maximum absolute atomic E-state index is 12.1. The topological polar surface area (TPSA) is 230 Å². The van der Waals surface area contributed by atoms with Gasteiger partial charge in [0.05, 0.1) is 18.2 Å². The van der Waals surface area contributed by atoms with Crippen LogP contribution in [0.25, 0.3) is 0 Å². The van der Waals surface area contributed by atoms with Gasteiger partial charge in [-0.3, -0.25) is 4.79 Å². The minimum absolute atomic E-state index is 0.00245. The molecule has 0 aliphatic heterocycles. The van der Waals surface area contributed by atoms with Crippen molar-refractivity contribution in [2.24, 2.45) is 11.5 Å². The number of aliphatic hydroxyl groups excluding tert-OH is 2. The summed E-state index contributed by atoms with van der Waals surface area (Å²) in [5.74, 6) is -1.92. The summed E-state index contributed by atoms with van der Waals surface area (Å²) in [6.45, 7) is 2.68. The number of amides is 3. The molecule has 0 aliphatic carbocycles. The first kappa shape index (κ1) is 22.3. The number of hydrogen-bond acceptors (Lipinski definition) is 9. The molecule has 0 spiro atoms. The Balaban J connectivity index is 2.93. The second-order valence-corrected chi connectivity index (χ2v) is 6.02. The van der Waals surface area contributed by atoms with Crippen LogP contribution in [0.5, 0.6) is 0 Å². The summed E-state index contributed by atoms with van der Waals surface area (Å²) in [4.78, 5) is 38.3. The van der Waals surface area contributed by atoms with Crippen molar-refractivity contribution in [3.63, 3.8) is 0 Å². The number of primary amides is 1. The van der Waals surface area contributed by atoms with Crippen molar-refractivity contribution in [2.75, 3.05) is 0 Å². The Morgan fingerprint density at radius 3 is 2.33 bits per heavy atom. The highest BCUT2D eigenvalue weighted by atomic mass is 16.5. The van der Waals surface area contributed by atoms with Gasteiger partial charge in [-0.15, -0.1) is 0 Å². The van der Waals surface area contributed by atoms with Crippen molar-refractivity contribution < 1.29 is 34.2 Å². The van der Waals surface area contributed by atoms with E-state index in [9.17, 15) is 24.6 Å². The third-order valence-corrected chi connectivity index (χ3v) is 3.61. The van der Waals surface area contributed by atoms with Gasteiger partial charge in [-0.05, 0) is 20.3 Å². The van der Waals surface area contributed by atoms with Crippen LogP contribution in [-0.4, -0.2) is 61.6 Å². The summed E-state index contributed by atoms with van der Waals surface area (Å²) < 4.78 is 5.03. The fraction of sp³-hybridized carbons (Fsp3) is 0.643. The molecule has 5 atom stereocenters. The Bertz CT molecular complexity index is 662. The average molecular weight is 389 g/mol. The summed E-state index contributed by atoms with van der Waals surface area (Å²) in [7, 11) is 0. The number of urea groups is 1. The zero-order valence-electron chi connectivity index (χ0n) is 14.9. The fourth-order valence-corrected chi connectivity index (χ4v) is 2.03. The van der Waals surface area contributed by atoms with Crippen LogP contribution in [-0.2, 0) is 9.59 Å². The number of aromatic nitrogens is 2. The first-order valence-corrected chi connectivity index (χ1v) is 8.08. The minimum atomic E-state index is -1.44. The van der Waals surface area contributed by atoms with E-state index >= 15 is 0 Å². The van der Waals surface area contributed by atoms with Crippen LogP contribution in [0.1, 0.15) is 50.5 Å². The summed E-state index contributed by atoms with van der Waals surface area (Å²) >= 11 is 0. The van der Waals surface area contributed by atoms with E-state index in [1.54, 1.807) is 0 Å². The molecule has 27 heavy (non-hydrogen) atoms. The van der Waals surface area contributed by atoms with Gasteiger partial charge >= 0.3 is 12.0 Å². The van der Waals surface area contributed by atoms with Crippen molar-refractivity contribution in [1.82, 2.24) is 20.8 Å². The number of nitrogens with one attached hydrogen (secondary N) is 2. The summed E-state index contributed by atoms with van der Waals surface area (Å²) in [6, 6.07) is -4.23. The number of carbonyl (C=O) groups excluding carboxylic acids is 3. The highest BCUT2D eigenvalue weighted by molar-refractivity contribution is 5.83. The third-order valence-electron chi connectivity index (χ3n) is 3.61. The SMILES string of the molecule is CC(O)[C@H](NC(=O)N[C@@H](CCC(N)=O)c1nc([C@@H](N)C(C)O)no1)C(=O)[OH2+]. The molecule has 2 unspecified atom stereocenters. The van der Waals surface area contributed by atoms with E-state index < -0.39 is 48.2 Å². The molecule has 0 aromatic carbocycles. The Morgan fingerprint density at radius 1 is 1.22 bits per heavy atom. The summed E-state index contributed by atoms with van der Waals surface area (Å²) in [5.41, 5.74) is 10.8. The molecule has 152 valence electrons. The highest BCUT2D eigenvalue weighted by Crippen LogP contribution is 2.19. The lowest BCUT2D eigenvalue weighted by molar-refractivity contribution is -0.141. The van der Waals surface area contributed by atoms with E-state index in [2.05, 4.69) is 20.8 Å². The van der Waals surface area contributed by atoms with Gasteiger partial charge in [0.25, 0.3) is 0 Å². The average Bonchev–Trinajstić information content (AvgIpc) is 3.04. The smallest absolute Gasteiger partial charge is 0.541 e. The Labute approximate surface area is 154 Å². The predicted octanol–water partition coefficient (Wildman–Crippen LogP) is -2.94. The number of rotatable bonds is 10. The zero-order valence-corrected chi connectivity index (χ0v) is 14.9. The van der Waals surface area contributed by atoms with Gasteiger partial charge in [0, 0.05) is 11.2 Å². The van der Waals surface area contributed by atoms with E-state index in [4.69, 9.17) is 21.1 Å². The molecule has 0 radical (unpaired) electrons. The Hall–Kier alpha value is -2.77. The molecule has 1 aromatic rings. The van der Waals surface area contributed by atoms with Gasteiger partial charge in [0.1, 0.15) is 6.04 Å². The monoisotopic (exact) mass is 389 g/mol. The molecule has 3 amide bonds. The van der Waals surface area contributed by atoms with Crippen molar-refractivity contribution in [3.8, 4) is 0 Å². The van der Waals surface area contributed by atoms with Crippen molar-refractivity contribution in [1.29, 1.82) is 0 Å². The summed E-state index contributed by atoms with van der Waals surface area (Å²) in [6.07, 6.45) is -2.36. The van der Waals surface area contributed by atoms with Crippen LogP contribution in [0.4, 0.5) is 4.79 Å². The van der Waals surface area contributed by atoms with E-state index in [0.717, 1.165) is 0 Å². The Kier molecular flexibility index (Phi) is 8.08. The molecular formula is C14H25N6O7+. The number of carbonyl (C=O) groups is 3. The van der Waals surface area contributed by atoms with Crippen molar-refractivity contribution in [2.45, 2.75) is 57.0 Å². The number of nitrogens with zero attached hydrogens (tertiary/aromatic N) is 2. The van der Waals surface area contributed by atoms with Crippen molar-refractivity contribution in [3.05, 3.63) is 11.7 Å².